The Morgan fingerprint density at radius 2 is 1.94 bits per heavy atom. The van der Waals surface area contributed by atoms with E-state index in [-0.39, 0.29) is 18.1 Å². The molecule has 1 aliphatic rings. The van der Waals surface area contributed by atoms with Crippen molar-refractivity contribution < 1.29 is 19.2 Å². The number of benzene rings is 2. The number of nitrogens with one attached hydrogen (secondary N) is 1. The number of rotatable bonds is 7. The average molecular weight is 443 g/mol. The van der Waals surface area contributed by atoms with Crippen molar-refractivity contribution >= 4 is 23.2 Å². The van der Waals surface area contributed by atoms with Crippen molar-refractivity contribution in [3.8, 4) is 11.3 Å². The van der Waals surface area contributed by atoms with Crippen molar-refractivity contribution in [1.82, 2.24) is 15.1 Å². The summed E-state index contributed by atoms with van der Waals surface area (Å²) in [6.45, 7) is 0.177. The second-order valence-corrected chi connectivity index (χ2v) is 7.42. The smallest absolute Gasteiger partial charge is 0.273 e. The molecule has 31 heavy (non-hydrogen) atoms. The Morgan fingerprint density at radius 3 is 2.58 bits per heavy atom. The van der Waals surface area contributed by atoms with Crippen LogP contribution in [0.2, 0.25) is 5.02 Å². The predicted molar refractivity (Wildman–Crippen MR) is 113 cm³/mol. The summed E-state index contributed by atoms with van der Waals surface area (Å²) >= 11 is 6.06. The zero-order valence-corrected chi connectivity index (χ0v) is 17.5. The van der Waals surface area contributed by atoms with Crippen LogP contribution in [-0.2, 0) is 9.47 Å². The maximum atomic E-state index is 13.2. The first-order chi connectivity index (χ1) is 14.9. The number of non-ortho nitro benzene ring substituents is 1. The normalized spacial score (nSPS) is 15.5. The fraction of sp³-hybridized carbons (Fsp3) is 0.238. The number of H-pyrrole nitrogens is 1. The topological polar surface area (TPSA) is 111 Å². The summed E-state index contributed by atoms with van der Waals surface area (Å²) in [7, 11) is 3.00. The molecule has 3 aromatic rings. The first kappa shape index (κ1) is 21.0. The molecule has 4 rings (SSSR count). The van der Waals surface area contributed by atoms with E-state index in [9.17, 15) is 14.9 Å². The quantitative estimate of drug-likeness (QED) is 0.338. The lowest BCUT2D eigenvalue weighted by atomic mass is 9.96. The average Bonchev–Trinajstić information content (AvgIpc) is 3.32. The SMILES string of the molecule is COC(CN1C(=O)c2[nH]nc(-c3cccc([N+](=O)[O-])c3)c2C1c1ccc(Cl)cc1)OC. The highest BCUT2D eigenvalue weighted by Gasteiger charge is 2.43. The number of fused-ring (bicyclic) bond motifs is 1. The molecule has 1 amide bonds. The van der Waals surface area contributed by atoms with Crippen LogP contribution in [0.3, 0.4) is 0 Å². The van der Waals surface area contributed by atoms with Gasteiger partial charge in [-0.25, -0.2) is 0 Å². The van der Waals surface area contributed by atoms with E-state index >= 15 is 0 Å². The van der Waals surface area contributed by atoms with E-state index in [2.05, 4.69) is 10.2 Å². The van der Waals surface area contributed by atoms with Crippen molar-refractivity contribution in [2.75, 3.05) is 20.8 Å². The highest BCUT2D eigenvalue weighted by molar-refractivity contribution is 6.30. The van der Waals surface area contributed by atoms with E-state index in [1.54, 1.807) is 29.2 Å². The number of carbonyl (C=O) groups excluding carboxylic acids is 1. The molecule has 1 N–H and O–H groups in total. The lowest BCUT2D eigenvalue weighted by Crippen LogP contribution is -2.38. The molecule has 10 heteroatoms. The number of ether oxygens (including phenoxy) is 2. The Labute approximate surface area is 182 Å². The predicted octanol–water partition coefficient (Wildman–Crippen LogP) is 3.80. The third-order valence-corrected chi connectivity index (χ3v) is 5.50. The van der Waals surface area contributed by atoms with Crippen LogP contribution in [-0.4, -0.2) is 53.0 Å². The van der Waals surface area contributed by atoms with Gasteiger partial charge in [0.1, 0.15) is 5.69 Å². The molecule has 0 radical (unpaired) electrons. The Hall–Kier alpha value is -3.27. The van der Waals surface area contributed by atoms with Gasteiger partial charge in [-0.05, 0) is 17.7 Å². The van der Waals surface area contributed by atoms with Crippen LogP contribution in [0.15, 0.2) is 48.5 Å². The highest BCUT2D eigenvalue weighted by atomic mass is 35.5. The van der Waals surface area contributed by atoms with Crippen molar-refractivity contribution in [3.63, 3.8) is 0 Å². The molecule has 2 heterocycles. The first-order valence-electron chi connectivity index (χ1n) is 9.39. The van der Waals surface area contributed by atoms with Gasteiger partial charge in [0.25, 0.3) is 11.6 Å². The summed E-state index contributed by atoms with van der Waals surface area (Å²) in [5, 5.41) is 18.9. The second kappa shape index (κ2) is 8.46. The molecule has 1 aromatic heterocycles. The van der Waals surface area contributed by atoms with Gasteiger partial charge in [-0.15, -0.1) is 0 Å². The zero-order chi connectivity index (χ0) is 22.1. The van der Waals surface area contributed by atoms with E-state index in [1.807, 2.05) is 12.1 Å². The zero-order valence-electron chi connectivity index (χ0n) is 16.7. The van der Waals surface area contributed by atoms with Gasteiger partial charge in [0.2, 0.25) is 0 Å². The van der Waals surface area contributed by atoms with Crippen LogP contribution in [0.4, 0.5) is 5.69 Å². The van der Waals surface area contributed by atoms with Crippen LogP contribution in [0, 0.1) is 10.1 Å². The van der Waals surface area contributed by atoms with Gasteiger partial charge >= 0.3 is 0 Å². The third-order valence-electron chi connectivity index (χ3n) is 5.25. The summed E-state index contributed by atoms with van der Waals surface area (Å²) in [5.41, 5.74) is 2.73. The minimum atomic E-state index is -0.628. The number of hydrogen-bond donors (Lipinski definition) is 1. The molecule has 0 aliphatic carbocycles. The number of methoxy groups -OCH3 is 2. The molecule has 0 fully saturated rings. The number of nitro groups is 1. The van der Waals surface area contributed by atoms with E-state index in [0.29, 0.717) is 27.5 Å². The lowest BCUT2D eigenvalue weighted by molar-refractivity contribution is -0.384. The van der Waals surface area contributed by atoms with Crippen molar-refractivity contribution in [3.05, 3.63) is 80.5 Å². The Bertz CT molecular complexity index is 1130. The highest BCUT2D eigenvalue weighted by Crippen LogP contribution is 2.43. The van der Waals surface area contributed by atoms with Gasteiger partial charge in [-0.1, -0.05) is 35.9 Å². The summed E-state index contributed by atoms with van der Waals surface area (Å²) in [6.07, 6.45) is -0.628. The molecular weight excluding hydrogens is 424 g/mol. The monoisotopic (exact) mass is 442 g/mol. The lowest BCUT2D eigenvalue weighted by Gasteiger charge is -2.29. The number of aromatic amines is 1. The van der Waals surface area contributed by atoms with Gasteiger partial charge in [-0.3, -0.25) is 20.0 Å². The van der Waals surface area contributed by atoms with Crippen molar-refractivity contribution in [2.24, 2.45) is 0 Å². The van der Waals surface area contributed by atoms with Gasteiger partial charge in [0, 0.05) is 42.5 Å². The van der Waals surface area contributed by atoms with Crippen LogP contribution in [0.5, 0.6) is 0 Å². The van der Waals surface area contributed by atoms with E-state index < -0.39 is 17.3 Å². The molecule has 0 bridgehead atoms. The molecule has 1 aliphatic heterocycles. The van der Waals surface area contributed by atoms with Crippen LogP contribution < -0.4 is 0 Å². The largest absolute Gasteiger partial charge is 0.354 e. The van der Waals surface area contributed by atoms with Gasteiger partial charge < -0.3 is 14.4 Å². The van der Waals surface area contributed by atoms with Crippen molar-refractivity contribution in [1.29, 1.82) is 0 Å². The summed E-state index contributed by atoms with van der Waals surface area (Å²) < 4.78 is 10.6. The molecule has 0 spiro atoms. The molecule has 0 saturated carbocycles. The van der Waals surface area contributed by atoms with Crippen molar-refractivity contribution in [2.45, 2.75) is 12.3 Å². The van der Waals surface area contributed by atoms with E-state index in [1.165, 1.54) is 26.4 Å². The number of amides is 1. The Morgan fingerprint density at radius 1 is 1.23 bits per heavy atom. The Balaban J connectivity index is 1.85. The summed E-state index contributed by atoms with van der Waals surface area (Å²) in [5.74, 6) is -0.266. The van der Waals surface area contributed by atoms with Gasteiger partial charge in [-0.2, -0.15) is 5.10 Å². The first-order valence-corrected chi connectivity index (χ1v) is 9.77. The van der Waals surface area contributed by atoms with E-state index in [0.717, 1.165) is 5.56 Å². The van der Waals surface area contributed by atoms with Crippen LogP contribution in [0.1, 0.15) is 27.7 Å². The molecule has 1 unspecified atom stereocenters. The minimum absolute atomic E-state index is 0.0581. The number of aromatic nitrogens is 2. The summed E-state index contributed by atoms with van der Waals surface area (Å²) in [4.78, 5) is 25.6. The molecular formula is C21H19ClN4O5. The molecule has 1 atom stereocenters. The molecule has 160 valence electrons. The molecule has 2 aromatic carbocycles. The molecule has 9 nitrogen and oxygen atoms in total. The van der Waals surface area contributed by atoms with Crippen LogP contribution in [0.25, 0.3) is 11.3 Å². The second-order valence-electron chi connectivity index (χ2n) is 6.98. The Kier molecular flexibility index (Phi) is 5.73. The number of hydrogen-bond acceptors (Lipinski definition) is 6. The standard InChI is InChI=1S/C21H19ClN4O5/c1-30-16(31-2)11-25-20(12-6-8-14(22)9-7-12)17-18(23-24-19(17)21(25)27)13-4-3-5-15(10-13)26(28)29/h3-10,16,20H,11H2,1-2H3,(H,23,24). The number of halogens is 1. The number of carbonyl (C=O) groups is 1. The van der Waals surface area contributed by atoms with Gasteiger partial charge in [0.15, 0.2) is 6.29 Å². The maximum absolute atomic E-state index is 13.2. The van der Waals surface area contributed by atoms with Gasteiger partial charge in [0.05, 0.1) is 23.2 Å². The summed E-state index contributed by atoms with van der Waals surface area (Å²) in [6, 6.07) is 12.8. The fourth-order valence-electron chi connectivity index (χ4n) is 3.77. The molecule has 0 saturated heterocycles. The van der Waals surface area contributed by atoms with E-state index in [4.69, 9.17) is 21.1 Å². The maximum Gasteiger partial charge on any atom is 0.273 e. The number of nitro benzene ring substituents is 1. The fourth-order valence-corrected chi connectivity index (χ4v) is 3.90. The number of nitrogens with zero attached hydrogens (tertiary/aromatic N) is 3. The van der Waals surface area contributed by atoms with Crippen LogP contribution >= 0.6 is 11.6 Å². The minimum Gasteiger partial charge on any atom is -0.354 e. The third kappa shape index (κ3) is 3.78.